The van der Waals surface area contributed by atoms with Gasteiger partial charge in [-0.1, -0.05) is 44.2 Å². The molecule has 5 heteroatoms. The molecule has 2 unspecified atom stereocenters. The van der Waals surface area contributed by atoms with E-state index in [4.69, 9.17) is 5.73 Å². The van der Waals surface area contributed by atoms with Crippen molar-refractivity contribution in [2.45, 2.75) is 38.8 Å². The van der Waals surface area contributed by atoms with Crippen LogP contribution in [0, 0.1) is 5.41 Å². The molecule has 1 aromatic carbocycles. The Morgan fingerprint density at radius 1 is 1.22 bits per heavy atom. The van der Waals surface area contributed by atoms with Gasteiger partial charge in [-0.3, -0.25) is 9.69 Å². The van der Waals surface area contributed by atoms with Gasteiger partial charge in [-0.25, -0.2) is 0 Å². The van der Waals surface area contributed by atoms with Gasteiger partial charge in [0.05, 0.1) is 12.6 Å². The van der Waals surface area contributed by atoms with Gasteiger partial charge in [-0.15, -0.1) is 11.3 Å². The summed E-state index contributed by atoms with van der Waals surface area (Å²) >= 11 is 1.81. The lowest BCUT2D eigenvalue weighted by Gasteiger charge is -2.43. The molecule has 0 aliphatic carbocycles. The zero-order valence-electron chi connectivity index (χ0n) is 16.2. The number of fused-ring (bicyclic) bond motifs is 1. The van der Waals surface area contributed by atoms with Gasteiger partial charge < -0.3 is 10.6 Å². The van der Waals surface area contributed by atoms with Gasteiger partial charge >= 0.3 is 0 Å². The maximum absolute atomic E-state index is 13.3. The number of rotatable bonds is 3. The van der Waals surface area contributed by atoms with Crippen molar-refractivity contribution in [2.24, 2.45) is 11.1 Å². The fraction of sp³-hybridized carbons (Fsp3) is 0.500. The van der Waals surface area contributed by atoms with Crippen LogP contribution in [0.3, 0.4) is 0 Å². The van der Waals surface area contributed by atoms with Gasteiger partial charge in [-0.05, 0) is 40.8 Å². The maximum atomic E-state index is 13.3. The molecule has 2 aromatic rings. The summed E-state index contributed by atoms with van der Waals surface area (Å²) in [5.74, 6) is 0.229. The van der Waals surface area contributed by atoms with E-state index in [2.05, 4.69) is 59.4 Å². The number of nitrogens with two attached hydrogens (primary N) is 1. The van der Waals surface area contributed by atoms with E-state index in [1.807, 2.05) is 17.4 Å². The summed E-state index contributed by atoms with van der Waals surface area (Å²) in [5, 5.41) is 2.16. The van der Waals surface area contributed by atoms with Gasteiger partial charge in [0.2, 0.25) is 5.91 Å². The fourth-order valence-electron chi connectivity index (χ4n) is 4.48. The first-order chi connectivity index (χ1) is 13.0. The molecule has 2 atom stereocenters. The number of benzene rings is 1. The minimum atomic E-state index is 0.0359. The first-order valence-electron chi connectivity index (χ1n) is 9.84. The molecule has 2 N–H and O–H groups in total. The van der Waals surface area contributed by atoms with Crippen LogP contribution in [0.4, 0.5) is 0 Å². The Morgan fingerprint density at radius 2 is 2.00 bits per heavy atom. The Balaban J connectivity index is 1.56. The molecule has 1 amide bonds. The third-order valence-electron chi connectivity index (χ3n) is 6.15. The van der Waals surface area contributed by atoms with Crippen molar-refractivity contribution < 1.29 is 4.79 Å². The van der Waals surface area contributed by atoms with E-state index in [0.717, 1.165) is 32.5 Å². The van der Waals surface area contributed by atoms with Gasteiger partial charge in [0.1, 0.15) is 0 Å². The summed E-state index contributed by atoms with van der Waals surface area (Å²) in [6.07, 6.45) is 1.91. The monoisotopic (exact) mass is 383 g/mol. The number of piperidine rings is 1. The maximum Gasteiger partial charge on any atom is 0.237 e. The molecule has 4 nitrogen and oxygen atoms in total. The summed E-state index contributed by atoms with van der Waals surface area (Å²) in [6.45, 7) is 7.48. The molecule has 0 saturated carbocycles. The number of amides is 1. The van der Waals surface area contributed by atoms with Crippen LogP contribution in [0.5, 0.6) is 0 Å². The standard InChI is InChI=1S/C22H29N3OS/c1-22(2)15-24(11-9-19(22)23)14-20(26)25-12-8-18-17(10-13-27-18)21(25)16-6-4-3-5-7-16/h3-7,10,13,19,21H,8-9,11-12,14-15,23H2,1-2H3. The molecule has 1 saturated heterocycles. The van der Waals surface area contributed by atoms with E-state index in [1.165, 1.54) is 16.0 Å². The molecule has 2 aliphatic heterocycles. The van der Waals surface area contributed by atoms with Gasteiger partial charge in [-0.2, -0.15) is 0 Å². The number of hydrogen-bond acceptors (Lipinski definition) is 4. The van der Waals surface area contributed by atoms with Crippen molar-refractivity contribution in [3.05, 3.63) is 57.8 Å². The van der Waals surface area contributed by atoms with Crippen LogP contribution >= 0.6 is 11.3 Å². The second-order valence-corrected chi connectivity index (χ2v) is 9.54. The highest BCUT2D eigenvalue weighted by Crippen LogP contribution is 2.38. The molecule has 0 radical (unpaired) electrons. The first-order valence-corrected chi connectivity index (χ1v) is 10.7. The lowest BCUT2D eigenvalue weighted by atomic mass is 9.80. The number of carbonyl (C=O) groups excluding carboxylic acids is 1. The quantitative estimate of drug-likeness (QED) is 0.885. The predicted molar refractivity (Wildman–Crippen MR) is 111 cm³/mol. The van der Waals surface area contributed by atoms with Crippen LogP contribution in [-0.2, 0) is 11.2 Å². The normalized spacial score (nSPS) is 25.2. The molecule has 1 fully saturated rings. The van der Waals surface area contributed by atoms with E-state index in [-0.39, 0.29) is 23.4 Å². The third-order valence-corrected chi connectivity index (χ3v) is 7.15. The van der Waals surface area contributed by atoms with Crippen molar-refractivity contribution in [2.75, 3.05) is 26.2 Å². The lowest BCUT2D eigenvalue weighted by Crippen LogP contribution is -2.55. The Bertz CT molecular complexity index is 801. The van der Waals surface area contributed by atoms with Gasteiger partial charge in [0.25, 0.3) is 0 Å². The molecule has 3 heterocycles. The zero-order chi connectivity index (χ0) is 19.0. The highest BCUT2D eigenvalue weighted by Gasteiger charge is 2.37. The Morgan fingerprint density at radius 3 is 2.74 bits per heavy atom. The van der Waals surface area contributed by atoms with Crippen molar-refractivity contribution in [1.82, 2.24) is 9.80 Å². The van der Waals surface area contributed by atoms with Gasteiger partial charge in [0, 0.05) is 30.6 Å². The third kappa shape index (κ3) is 3.68. The smallest absolute Gasteiger partial charge is 0.237 e. The minimum absolute atomic E-state index is 0.0359. The summed E-state index contributed by atoms with van der Waals surface area (Å²) < 4.78 is 0. The first kappa shape index (κ1) is 18.7. The van der Waals surface area contributed by atoms with Crippen molar-refractivity contribution in [1.29, 1.82) is 0 Å². The molecule has 0 spiro atoms. The zero-order valence-corrected chi connectivity index (χ0v) is 17.0. The van der Waals surface area contributed by atoms with E-state index in [0.29, 0.717) is 6.54 Å². The molecule has 2 aliphatic rings. The SMILES string of the molecule is CC1(C)CN(CC(=O)N2CCc3sccc3C2c2ccccc2)CCC1N. The van der Waals surface area contributed by atoms with E-state index in [1.54, 1.807) is 0 Å². The van der Waals surface area contributed by atoms with Crippen LogP contribution in [0.1, 0.15) is 42.3 Å². The van der Waals surface area contributed by atoms with E-state index in [9.17, 15) is 4.79 Å². The summed E-state index contributed by atoms with van der Waals surface area (Å²) in [5.41, 5.74) is 8.82. The van der Waals surface area contributed by atoms with Crippen LogP contribution in [0.2, 0.25) is 0 Å². The molecule has 1 aromatic heterocycles. The second-order valence-electron chi connectivity index (χ2n) is 8.54. The van der Waals surface area contributed by atoms with Crippen molar-refractivity contribution >= 4 is 17.2 Å². The Labute approximate surface area is 166 Å². The average Bonchev–Trinajstić information content (AvgIpc) is 3.13. The van der Waals surface area contributed by atoms with E-state index >= 15 is 0 Å². The molecular weight excluding hydrogens is 354 g/mol. The summed E-state index contributed by atoms with van der Waals surface area (Å²) in [6, 6.07) is 12.9. The second kappa shape index (κ2) is 7.38. The van der Waals surface area contributed by atoms with Crippen LogP contribution in [-0.4, -0.2) is 47.9 Å². The van der Waals surface area contributed by atoms with Crippen LogP contribution in [0.15, 0.2) is 41.8 Å². The number of likely N-dealkylation sites (tertiary alicyclic amines) is 1. The van der Waals surface area contributed by atoms with Crippen molar-refractivity contribution in [3.63, 3.8) is 0 Å². The minimum Gasteiger partial charge on any atom is -0.330 e. The molecule has 4 rings (SSSR count). The topological polar surface area (TPSA) is 49.6 Å². The average molecular weight is 384 g/mol. The number of thiophene rings is 1. The molecule has 144 valence electrons. The summed E-state index contributed by atoms with van der Waals surface area (Å²) in [7, 11) is 0. The molecular formula is C22H29N3OS. The number of nitrogens with zero attached hydrogens (tertiary/aromatic N) is 2. The van der Waals surface area contributed by atoms with Crippen molar-refractivity contribution in [3.8, 4) is 0 Å². The highest BCUT2D eigenvalue weighted by molar-refractivity contribution is 7.10. The van der Waals surface area contributed by atoms with E-state index < -0.39 is 0 Å². The number of hydrogen-bond donors (Lipinski definition) is 1. The lowest BCUT2D eigenvalue weighted by molar-refractivity contribution is -0.135. The highest BCUT2D eigenvalue weighted by atomic mass is 32.1. The van der Waals surface area contributed by atoms with Crippen LogP contribution < -0.4 is 5.73 Å². The molecule has 27 heavy (non-hydrogen) atoms. The Hall–Kier alpha value is -1.69. The number of carbonyl (C=O) groups is 1. The molecule has 0 bridgehead atoms. The largest absolute Gasteiger partial charge is 0.330 e. The predicted octanol–water partition coefficient (Wildman–Crippen LogP) is 3.28. The fourth-order valence-corrected chi connectivity index (χ4v) is 5.39. The van der Waals surface area contributed by atoms with Gasteiger partial charge in [0.15, 0.2) is 0 Å². The van der Waals surface area contributed by atoms with Crippen LogP contribution in [0.25, 0.3) is 0 Å². The Kier molecular flexibility index (Phi) is 5.10. The summed E-state index contributed by atoms with van der Waals surface area (Å²) in [4.78, 5) is 19.1.